The molecule has 0 aliphatic carbocycles. The maximum Gasteiger partial charge on any atom is 0.271 e. The lowest BCUT2D eigenvalue weighted by Gasteiger charge is -2.14. The van der Waals surface area contributed by atoms with Crippen molar-refractivity contribution in [1.82, 2.24) is 9.97 Å². The standard InChI is InChI=1S/C24H16N4OS2/c29-22-21(14-17-8-7-13-25-15-17)31-24(28(22)19-11-5-2-6-12-19)27-23-26-20(16-30-23)18-9-3-1-4-10-18/h1-16H/b21-14-,27-24+. The van der Waals surface area contributed by atoms with Crippen molar-refractivity contribution in [1.29, 1.82) is 0 Å². The second kappa shape index (κ2) is 8.67. The van der Waals surface area contributed by atoms with Crippen LogP contribution in [-0.2, 0) is 4.79 Å². The van der Waals surface area contributed by atoms with E-state index in [0.717, 1.165) is 22.5 Å². The smallest absolute Gasteiger partial charge is 0.268 e. The fraction of sp³-hybridized carbons (Fsp3) is 0. The van der Waals surface area contributed by atoms with Gasteiger partial charge in [-0.3, -0.25) is 14.7 Å². The molecule has 150 valence electrons. The van der Waals surface area contributed by atoms with Gasteiger partial charge in [-0.1, -0.05) is 54.6 Å². The number of aromatic nitrogens is 2. The van der Waals surface area contributed by atoms with E-state index in [1.54, 1.807) is 17.3 Å². The molecule has 0 unspecified atom stereocenters. The van der Waals surface area contributed by atoms with Crippen LogP contribution in [0.5, 0.6) is 0 Å². The van der Waals surface area contributed by atoms with E-state index in [-0.39, 0.29) is 5.91 Å². The first-order chi connectivity index (χ1) is 15.3. The summed E-state index contributed by atoms with van der Waals surface area (Å²) in [7, 11) is 0. The highest BCUT2D eigenvalue weighted by Crippen LogP contribution is 2.38. The maximum absolute atomic E-state index is 13.3. The number of thiazole rings is 1. The van der Waals surface area contributed by atoms with Crippen molar-refractivity contribution >= 4 is 51.1 Å². The zero-order valence-corrected chi connectivity index (χ0v) is 17.9. The van der Waals surface area contributed by atoms with Crippen LogP contribution in [0.4, 0.5) is 10.8 Å². The number of amides is 1. The SMILES string of the molecule is O=C1/C(=C/c2cccnc2)S/C(=N/c2nc(-c3ccccc3)cs2)N1c1ccccc1. The van der Waals surface area contributed by atoms with Gasteiger partial charge in [0.2, 0.25) is 5.13 Å². The Hall–Kier alpha value is -3.55. The highest BCUT2D eigenvalue weighted by atomic mass is 32.2. The van der Waals surface area contributed by atoms with Crippen molar-refractivity contribution in [2.75, 3.05) is 4.90 Å². The minimum Gasteiger partial charge on any atom is -0.268 e. The molecule has 2 aromatic carbocycles. The fourth-order valence-electron chi connectivity index (χ4n) is 3.11. The monoisotopic (exact) mass is 440 g/mol. The molecule has 4 aromatic rings. The molecule has 5 nitrogen and oxygen atoms in total. The predicted octanol–water partition coefficient (Wildman–Crippen LogP) is 6.01. The first-order valence-corrected chi connectivity index (χ1v) is 11.3. The lowest BCUT2D eigenvalue weighted by molar-refractivity contribution is -0.113. The molecular formula is C24H16N4OS2. The number of rotatable bonds is 4. The molecule has 2 aromatic heterocycles. The summed E-state index contributed by atoms with van der Waals surface area (Å²) in [6.45, 7) is 0. The van der Waals surface area contributed by atoms with E-state index in [9.17, 15) is 4.79 Å². The second-order valence-electron chi connectivity index (χ2n) is 6.65. The number of carbonyl (C=O) groups is 1. The van der Waals surface area contributed by atoms with Crippen LogP contribution in [0.2, 0.25) is 0 Å². The number of anilines is 1. The number of carbonyl (C=O) groups excluding carboxylic acids is 1. The van der Waals surface area contributed by atoms with Gasteiger partial charge in [0.05, 0.1) is 16.3 Å². The molecule has 1 aliphatic rings. The highest BCUT2D eigenvalue weighted by Gasteiger charge is 2.35. The first kappa shape index (κ1) is 19.4. The molecule has 0 bridgehead atoms. The summed E-state index contributed by atoms with van der Waals surface area (Å²) in [5, 5.41) is 3.17. The normalized spacial score (nSPS) is 16.4. The first-order valence-electron chi connectivity index (χ1n) is 9.57. The minimum absolute atomic E-state index is 0.112. The second-order valence-corrected chi connectivity index (χ2v) is 8.49. The van der Waals surface area contributed by atoms with Crippen LogP contribution in [0.3, 0.4) is 0 Å². The van der Waals surface area contributed by atoms with E-state index < -0.39 is 0 Å². The molecular weight excluding hydrogens is 424 g/mol. The summed E-state index contributed by atoms with van der Waals surface area (Å²) in [5.74, 6) is -0.112. The van der Waals surface area contributed by atoms with Crippen molar-refractivity contribution in [2.24, 2.45) is 4.99 Å². The zero-order valence-electron chi connectivity index (χ0n) is 16.3. The summed E-state index contributed by atoms with van der Waals surface area (Å²) in [4.78, 5) is 29.0. The van der Waals surface area contributed by atoms with Crippen LogP contribution in [0.1, 0.15) is 5.56 Å². The molecule has 0 atom stereocenters. The number of benzene rings is 2. The Morgan fingerprint density at radius 3 is 2.45 bits per heavy atom. The van der Waals surface area contributed by atoms with Gasteiger partial charge in [0.25, 0.3) is 5.91 Å². The van der Waals surface area contributed by atoms with Gasteiger partial charge in [-0.25, -0.2) is 4.98 Å². The van der Waals surface area contributed by atoms with E-state index in [4.69, 9.17) is 4.99 Å². The number of para-hydroxylation sites is 1. The molecule has 0 N–H and O–H groups in total. The Kier molecular flexibility index (Phi) is 5.43. The lowest BCUT2D eigenvalue weighted by atomic mass is 10.2. The van der Waals surface area contributed by atoms with Crippen LogP contribution in [0, 0.1) is 0 Å². The summed E-state index contributed by atoms with van der Waals surface area (Å²) in [6, 6.07) is 23.3. The third-order valence-corrected chi connectivity index (χ3v) is 6.26. The van der Waals surface area contributed by atoms with E-state index in [2.05, 4.69) is 9.97 Å². The summed E-state index contributed by atoms with van der Waals surface area (Å²) in [6.07, 6.45) is 5.28. The van der Waals surface area contributed by atoms with Gasteiger partial charge in [0.15, 0.2) is 5.17 Å². The lowest BCUT2D eigenvalue weighted by Crippen LogP contribution is -2.28. The van der Waals surface area contributed by atoms with Gasteiger partial charge >= 0.3 is 0 Å². The Morgan fingerprint density at radius 2 is 1.71 bits per heavy atom. The minimum atomic E-state index is -0.112. The zero-order chi connectivity index (χ0) is 21.0. The molecule has 1 aliphatic heterocycles. The molecule has 0 spiro atoms. The number of thioether (sulfide) groups is 1. The van der Waals surface area contributed by atoms with Crippen LogP contribution >= 0.6 is 23.1 Å². The molecule has 1 saturated heterocycles. The number of nitrogens with zero attached hydrogens (tertiary/aromatic N) is 4. The van der Waals surface area contributed by atoms with Crippen molar-refractivity contribution in [2.45, 2.75) is 0 Å². The Labute approximate surface area is 187 Å². The Balaban J connectivity index is 1.53. The molecule has 7 heteroatoms. The predicted molar refractivity (Wildman–Crippen MR) is 128 cm³/mol. The van der Waals surface area contributed by atoms with Crippen LogP contribution in [0.15, 0.2) is 100 Å². The fourth-order valence-corrected chi connectivity index (χ4v) is 4.84. The molecule has 31 heavy (non-hydrogen) atoms. The number of hydrogen-bond acceptors (Lipinski definition) is 6. The molecule has 0 saturated carbocycles. The van der Waals surface area contributed by atoms with E-state index in [0.29, 0.717) is 15.2 Å². The van der Waals surface area contributed by atoms with Crippen molar-refractivity contribution in [3.8, 4) is 11.3 Å². The van der Waals surface area contributed by atoms with Crippen LogP contribution in [0.25, 0.3) is 17.3 Å². The van der Waals surface area contributed by atoms with Crippen molar-refractivity contribution in [3.63, 3.8) is 0 Å². The summed E-state index contributed by atoms with van der Waals surface area (Å²) in [5.41, 5.74) is 3.55. The summed E-state index contributed by atoms with van der Waals surface area (Å²) >= 11 is 2.80. The van der Waals surface area contributed by atoms with Gasteiger partial charge < -0.3 is 0 Å². The van der Waals surface area contributed by atoms with Gasteiger partial charge in [0.1, 0.15) is 0 Å². The Morgan fingerprint density at radius 1 is 0.935 bits per heavy atom. The van der Waals surface area contributed by atoms with Crippen molar-refractivity contribution < 1.29 is 4.79 Å². The number of aliphatic imine (C=N–C) groups is 1. The van der Waals surface area contributed by atoms with E-state index in [1.807, 2.05) is 84.3 Å². The van der Waals surface area contributed by atoms with Crippen molar-refractivity contribution in [3.05, 3.63) is 101 Å². The van der Waals surface area contributed by atoms with Gasteiger partial charge in [-0.2, -0.15) is 4.99 Å². The van der Waals surface area contributed by atoms with Gasteiger partial charge in [0, 0.05) is 23.3 Å². The Bertz CT molecular complexity index is 1270. The average molecular weight is 441 g/mol. The number of hydrogen-bond donors (Lipinski definition) is 0. The highest BCUT2D eigenvalue weighted by molar-refractivity contribution is 8.19. The van der Waals surface area contributed by atoms with Gasteiger partial charge in [-0.05, 0) is 41.6 Å². The summed E-state index contributed by atoms with van der Waals surface area (Å²) < 4.78 is 0. The van der Waals surface area contributed by atoms with Gasteiger partial charge in [-0.15, -0.1) is 11.3 Å². The van der Waals surface area contributed by atoms with E-state index in [1.165, 1.54) is 23.1 Å². The number of amidine groups is 1. The quantitative estimate of drug-likeness (QED) is 0.365. The van der Waals surface area contributed by atoms with Crippen LogP contribution in [-0.4, -0.2) is 21.0 Å². The molecule has 5 rings (SSSR count). The average Bonchev–Trinajstić information content (AvgIpc) is 3.40. The molecule has 0 radical (unpaired) electrons. The van der Waals surface area contributed by atoms with E-state index >= 15 is 0 Å². The molecule has 1 amide bonds. The number of pyridine rings is 1. The molecule has 3 heterocycles. The third kappa shape index (κ3) is 4.19. The largest absolute Gasteiger partial charge is 0.271 e. The van der Waals surface area contributed by atoms with Crippen LogP contribution < -0.4 is 4.90 Å². The topological polar surface area (TPSA) is 58.5 Å². The third-order valence-electron chi connectivity index (χ3n) is 4.56. The molecule has 1 fully saturated rings. The maximum atomic E-state index is 13.3.